The van der Waals surface area contributed by atoms with Gasteiger partial charge in [-0.15, -0.1) is 0 Å². The van der Waals surface area contributed by atoms with Gasteiger partial charge in [0.25, 0.3) is 0 Å². The van der Waals surface area contributed by atoms with Crippen LogP contribution in [-0.2, 0) is 0 Å². The molecule has 0 aromatic heterocycles. The minimum absolute atomic E-state index is 0.946. The third kappa shape index (κ3) is 9.66. The van der Waals surface area contributed by atoms with Crippen LogP contribution in [0, 0.1) is 6.92 Å². The van der Waals surface area contributed by atoms with Crippen molar-refractivity contribution >= 4 is 0 Å². The Hall–Kier alpha value is -0.260. The van der Waals surface area contributed by atoms with Crippen molar-refractivity contribution in [2.75, 3.05) is 0 Å². The highest BCUT2D eigenvalue weighted by atomic mass is 14.0. The second kappa shape index (κ2) is 9.83. The van der Waals surface area contributed by atoms with Crippen molar-refractivity contribution in [3.05, 3.63) is 18.6 Å². The fourth-order valence-electron chi connectivity index (χ4n) is 1.53. The first-order valence-corrected chi connectivity index (χ1v) is 5.76. The summed E-state index contributed by atoms with van der Waals surface area (Å²) in [6.45, 7) is 8.30. The van der Waals surface area contributed by atoms with Crippen LogP contribution in [0.5, 0.6) is 0 Å². The van der Waals surface area contributed by atoms with Gasteiger partial charge >= 0.3 is 0 Å². The van der Waals surface area contributed by atoms with Crippen molar-refractivity contribution < 1.29 is 0 Å². The van der Waals surface area contributed by atoms with E-state index in [-0.39, 0.29) is 0 Å². The van der Waals surface area contributed by atoms with Gasteiger partial charge in [-0.05, 0) is 33.1 Å². The molecule has 0 heteroatoms. The molecule has 0 fully saturated rings. The van der Waals surface area contributed by atoms with Gasteiger partial charge in [0, 0.05) is 0 Å². The lowest BCUT2D eigenvalue weighted by Gasteiger charge is -2.01. The van der Waals surface area contributed by atoms with E-state index in [1.807, 2.05) is 0 Å². The summed E-state index contributed by atoms with van der Waals surface area (Å²) in [4.78, 5) is 0. The third-order valence-electron chi connectivity index (χ3n) is 2.42. The molecule has 1 radical (unpaired) electrons. The molecule has 0 unspecified atom stereocenters. The Bertz CT molecular complexity index is 122. The first-order chi connectivity index (χ1) is 6.31. The quantitative estimate of drug-likeness (QED) is 0.369. The zero-order chi connectivity index (χ0) is 9.94. The first-order valence-electron chi connectivity index (χ1n) is 5.76. The standard InChI is InChI=1S/C13H25/c1-4-6-7-8-9-10-12-13(3)11-5-2/h11H,2,4-10,12H2,1,3H3. The molecule has 0 spiro atoms. The topological polar surface area (TPSA) is 0 Å². The second-order valence-electron chi connectivity index (χ2n) is 3.86. The van der Waals surface area contributed by atoms with Crippen LogP contribution in [0.3, 0.4) is 0 Å². The van der Waals surface area contributed by atoms with Crippen LogP contribution in [0.15, 0.2) is 11.6 Å². The monoisotopic (exact) mass is 181 g/mol. The highest BCUT2D eigenvalue weighted by molar-refractivity contribution is 4.97. The average Bonchev–Trinajstić information content (AvgIpc) is 2.11. The maximum atomic E-state index is 3.82. The van der Waals surface area contributed by atoms with Crippen LogP contribution >= 0.6 is 0 Å². The van der Waals surface area contributed by atoms with E-state index in [0.717, 1.165) is 6.42 Å². The molecule has 0 aromatic carbocycles. The summed E-state index contributed by atoms with van der Waals surface area (Å²) >= 11 is 0. The Balaban J connectivity index is 3.11. The molecule has 0 N–H and O–H groups in total. The molecule has 0 saturated heterocycles. The van der Waals surface area contributed by atoms with Crippen molar-refractivity contribution in [1.29, 1.82) is 0 Å². The van der Waals surface area contributed by atoms with Crippen molar-refractivity contribution in [3.8, 4) is 0 Å². The summed E-state index contributed by atoms with van der Waals surface area (Å²) in [6.07, 6.45) is 12.8. The van der Waals surface area contributed by atoms with Gasteiger partial charge in [0.1, 0.15) is 0 Å². The van der Waals surface area contributed by atoms with E-state index in [4.69, 9.17) is 0 Å². The molecule has 0 aliphatic carbocycles. The molecule has 0 aliphatic rings. The molecule has 0 nitrogen and oxygen atoms in total. The van der Waals surface area contributed by atoms with E-state index in [1.165, 1.54) is 50.5 Å². The van der Waals surface area contributed by atoms with E-state index in [1.54, 1.807) is 0 Å². The van der Waals surface area contributed by atoms with Gasteiger partial charge in [-0.1, -0.05) is 50.7 Å². The maximum absolute atomic E-state index is 3.82. The fourth-order valence-corrected chi connectivity index (χ4v) is 1.53. The SMILES string of the molecule is [CH2]CC=C(C)CCCCCCCC. The van der Waals surface area contributed by atoms with Gasteiger partial charge in [0.15, 0.2) is 0 Å². The van der Waals surface area contributed by atoms with Crippen LogP contribution in [0.2, 0.25) is 0 Å². The zero-order valence-electron chi connectivity index (χ0n) is 9.44. The van der Waals surface area contributed by atoms with E-state index >= 15 is 0 Å². The second-order valence-corrected chi connectivity index (χ2v) is 3.86. The molecule has 13 heavy (non-hydrogen) atoms. The Labute approximate surface area is 84.4 Å². The Morgan fingerprint density at radius 3 is 2.31 bits per heavy atom. The highest BCUT2D eigenvalue weighted by Gasteiger charge is 1.91. The lowest BCUT2D eigenvalue weighted by atomic mass is 10.1. The minimum atomic E-state index is 0.946. The molecule has 0 bridgehead atoms. The molecule has 0 atom stereocenters. The van der Waals surface area contributed by atoms with Crippen molar-refractivity contribution in [3.63, 3.8) is 0 Å². The van der Waals surface area contributed by atoms with Crippen LogP contribution in [0.4, 0.5) is 0 Å². The Morgan fingerprint density at radius 1 is 1.08 bits per heavy atom. The zero-order valence-corrected chi connectivity index (χ0v) is 9.44. The Morgan fingerprint density at radius 2 is 1.69 bits per heavy atom. The van der Waals surface area contributed by atoms with E-state index in [0.29, 0.717) is 0 Å². The van der Waals surface area contributed by atoms with Gasteiger partial charge in [-0.25, -0.2) is 0 Å². The van der Waals surface area contributed by atoms with E-state index < -0.39 is 0 Å². The normalized spacial score (nSPS) is 12.1. The fraction of sp³-hybridized carbons (Fsp3) is 0.769. The molecule has 77 valence electrons. The number of allylic oxidation sites excluding steroid dienone is 2. The third-order valence-corrected chi connectivity index (χ3v) is 2.42. The van der Waals surface area contributed by atoms with Crippen LogP contribution in [0.1, 0.15) is 65.2 Å². The summed E-state index contributed by atoms with van der Waals surface area (Å²) < 4.78 is 0. The number of hydrogen-bond donors (Lipinski definition) is 0. The molecular weight excluding hydrogens is 156 g/mol. The maximum Gasteiger partial charge on any atom is -0.0323 e. The lowest BCUT2D eigenvalue weighted by molar-refractivity contribution is 0.606. The van der Waals surface area contributed by atoms with Crippen molar-refractivity contribution in [1.82, 2.24) is 0 Å². The lowest BCUT2D eigenvalue weighted by Crippen LogP contribution is -1.81. The van der Waals surface area contributed by atoms with Gasteiger partial charge in [-0.2, -0.15) is 0 Å². The molecule has 0 aliphatic heterocycles. The summed E-state index contributed by atoms with van der Waals surface area (Å²) in [6, 6.07) is 0. The predicted molar refractivity (Wildman–Crippen MR) is 61.7 cm³/mol. The molecule has 0 rings (SSSR count). The number of rotatable bonds is 8. The van der Waals surface area contributed by atoms with Crippen molar-refractivity contribution in [2.24, 2.45) is 0 Å². The van der Waals surface area contributed by atoms with Crippen LogP contribution in [-0.4, -0.2) is 0 Å². The molecule has 0 aromatic rings. The summed E-state index contributed by atoms with van der Waals surface area (Å²) in [7, 11) is 0. The van der Waals surface area contributed by atoms with Gasteiger partial charge in [0.2, 0.25) is 0 Å². The predicted octanol–water partition coefficient (Wildman–Crippen LogP) is 4.91. The summed E-state index contributed by atoms with van der Waals surface area (Å²) in [5.74, 6) is 0. The van der Waals surface area contributed by atoms with Gasteiger partial charge in [0.05, 0.1) is 0 Å². The molecule has 0 heterocycles. The number of hydrogen-bond acceptors (Lipinski definition) is 0. The largest absolute Gasteiger partial charge is 0.0856 e. The molecular formula is C13H25. The van der Waals surface area contributed by atoms with Gasteiger partial charge in [-0.3, -0.25) is 0 Å². The van der Waals surface area contributed by atoms with E-state index in [9.17, 15) is 0 Å². The first kappa shape index (κ1) is 12.7. The minimum Gasteiger partial charge on any atom is -0.0856 e. The molecule has 0 saturated carbocycles. The van der Waals surface area contributed by atoms with Crippen molar-refractivity contribution in [2.45, 2.75) is 65.2 Å². The van der Waals surface area contributed by atoms with Crippen LogP contribution < -0.4 is 0 Å². The number of unbranched alkanes of at least 4 members (excludes halogenated alkanes) is 5. The summed E-state index contributed by atoms with van der Waals surface area (Å²) in [5, 5.41) is 0. The van der Waals surface area contributed by atoms with Crippen LogP contribution in [0.25, 0.3) is 0 Å². The smallest absolute Gasteiger partial charge is 0.0323 e. The summed E-state index contributed by atoms with van der Waals surface area (Å²) in [5.41, 5.74) is 1.52. The Kier molecular flexibility index (Phi) is 9.63. The highest BCUT2D eigenvalue weighted by Crippen LogP contribution is 2.11. The van der Waals surface area contributed by atoms with E-state index in [2.05, 4.69) is 26.8 Å². The van der Waals surface area contributed by atoms with Gasteiger partial charge < -0.3 is 0 Å². The average molecular weight is 181 g/mol. The molecule has 0 amide bonds.